The minimum Gasteiger partial charge on any atom is -0.496 e. The van der Waals surface area contributed by atoms with E-state index >= 15 is 0 Å². The molecule has 0 saturated carbocycles. The third-order valence-electron chi connectivity index (χ3n) is 3.57. The highest BCUT2D eigenvalue weighted by Crippen LogP contribution is 2.21. The summed E-state index contributed by atoms with van der Waals surface area (Å²) in [6, 6.07) is 15.2. The molecule has 1 amide bonds. The summed E-state index contributed by atoms with van der Waals surface area (Å²) >= 11 is 0. The van der Waals surface area contributed by atoms with Crippen molar-refractivity contribution in [3.8, 4) is 5.75 Å². The van der Waals surface area contributed by atoms with Crippen molar-refractivity contribution in [2.75, 3.05) is 26.1 Å². The second kappa shape index (κ2) is 9.44. The van der Waals surface area contributed by atoms with E-state index in [1.165, 1.54) is 0 Å². The summed E-state index contributed by atoms with van der Waals surface area (Å²) in [6.07, 6.45) is 0. The van der Waals surface area contributed by atoms with Gasteiger partial charge in [-0.05, 0) is 42.8 Å². The third-order valence-corrected chi connectivity index (χ3v) is 3.57. The zero-order chi connectivity index (χ0) is 18.1. The molecule has 0 aliphatic heterocycles. The van der Waals surface area contributed by atoms with Crippen molar-refractivity contribution in [1.29, 1.82) is 0 Å². The molecule has 0 heterocycles. The van der Waals surface area contributed by atoms with Crippen LogP contribution in [0.3, 0.4) is 0 Å². The lowest BCUT2D eigenvalue weighted by Crippen LogP contribution is -2.26. The van der Waals surface area contributed by atoms with E-state index in [0.717, 1.165) is 22.6 Å². The first-order valence-electron chi connectivity index (χ1n) is 7.92. The van der Waals surface area contributed by atoms with Gasteiger partial charge in [-0.3, -0.25) is 4.79 Å². The van der Waals surface area contributed by atoms with E-state index < -0.39 is 0 Å². The predicted octanol–water partition coefficient (Wildman–Crippen LogP) is 2.79. The quantitative estimate of drug-likeness (QED) is 0.572. The standard InChI is InChI=1S/C19H23N3O3/c1-14(15-9-10-18(25-3)16(11-15)13-24-2)21-22-19(23)12-20-17-7-5-4-6-8-17/h4-11,20H,12-13H2,1-3H3,(H,22,23)/b21-14-. The molecule has 0 spiro atoms. The Labute approximate surface area is 147 Å². The number of benzene rings is 2. The number of hydrogen-bond acceptors (Lipinski definition) is 5. The van der Waals surface area contributed by atoms with Gasteiger partial charge in [0.05, 0.1) is 26.0 Å². The van der Waals surface area contributed by atoms with Gasteiger partial charge in [-0.25, -0.2) is 5.43 Å². The molecule has 2 aromatic carbocycles. The van der Waals surface area contributed by atoms with Crippen LogP contribution in [0, 0.1) is 0 Å². The Hall–Kier alpha value is -2.86. The van der Waals surface area contributed by atoms with Crippen molar-refractivity contribution in [3.05, 3.63) is 59.7 Å². The summed E-state index contributed by atoms with van der Waals surface area (Å²) in [5.74, 6) is 0.545. The Kier molecular flexibility index (Phi) is 6.98. The Morgan fingerprint density at radius 1 is 1.12 bits per heavy atom. The number of methoxy groups -OCH3 is 2. The SMILES string of the molecule is COCc1cc(/C(C)=N\NC(=O)CNc2ccccc2)ccc1OC. The van der Waals surface area contributed by atoms with Crippen molar-refractivity contribution in [2.24, 2.45) is 5.10 Å². The smallest absolute Gasteiger partial charge is 0.259 e. The van der Waals surface area contributed by atoms with Crippen molar-refractivity contribution < 1.29 is 14.3 Å². The second-order valence-electron chi connectivity index (χ2n) is 5.41. The molecule has 2 aromatic rings. The van der Waals surface area contributed by atoms with E-state index in [4.69, 9.17) is 9.47 Å². The van der Waals surface area contributed by atoms with E-state index in [2.05, 4.69) is 15.8 Å². The van der Waals surface area contributed by atoms with Crippen LogP contribution in [0.1, 0.15) is 18.1 Å². The van der Waals surface area contributed by atoms with E-state index in [-0.39, 0.29) is 12.5 Å². The van der Waals surface area contributed by atoms with Crippen LogP contribution in [-0.4, -0.2) is 32.4 Å². The lowest BCUT2D eigenvalue weighted by Gasteiger charge is -2.10. The molecule has 0 unspecified atom stereocenters. The molecule has 0 fully saturated rings. The zero-order valence-electron chi connectivity index (χ0n) is 14.7. The largest absolute Gasteiger partial charge is 0.496 e. The fourth-order valence-electron chi connectivity index (χ4n) is 2.26. The summed E-state index contributed by atoms with van der Waals surface area (Å²) in [4.78, 5) is 11.9. The Balaban J connectivity index is 1.96. The molecule has 0 saturated heterocycles. The zero-order valence-corrected chi connectivity index (χ0v) is 14.7. The Morgan fingerprint density at radius 3 is 2.56 bits per heavy atom. The maximum absolute atomic E-state index is 11.9. The fraction of sp³-hybridized carbons (Fsp3) is 0.263. The molecule has 0 atom stereocenters. The fourth-order valence-corrected chi connectivity index (χ4v) is 2.26. The molecule has 2 rings (SSSR count). The van der Waals surface area contributed by atoms with Crippen LogP contribution in [0.4, 0.5) is 5.69 Å². The van der Waals surface area contributed by atoms with Gasteiger partial charge in [-0.1, -0.05) is 18.2 Å². The van der Waals surface area contributed by atoms with Gasteiger partial charge in [0, 0.05) is 18.4 Å². The van der Waals surface area contributed by atoms with Crippen molar-refractivity contribution in [1.82, 2.24) is 5.43 Å². The summed E-state index contributed by atoms with van der Waals surface area (Å²) < 4.78 is 10.5. The molecule has 0 aliphatic carbocycles. The van der Waals surface area contributed by atoms with Crippen molar-refractivity contribution in [2.45, 2.75) is 13.5 Å². The highest BCUT2D eigenvalue weighted by molar-refractivity contribution is 5.99. The molecule has 6 nitrogen and oxygen atoms in total. The van der Waals surface area contributed by atoms with Gasteiger partial charge >= 0.3 is 0 Å². The number of nitrogens with zero attached hydrogens (tertiary/aromatic N) is 1. The number of amides is 1. The summed E-state index contributed by atoms with van der Waals surface area (Å²) in [5.41, 5.74) is 5.96. The first kappa shape index (κ1) is 18.5. The van der Waals surface area contributed by atoms with E-state index in [1.54, 1.807) is 14.2 Å². The number of carbonyl (C=O) groups excluding carboxylic acids is 1. The molecule has 0 bridgehead atoms. The average Bonchev–Trinajstić information content (AvgIpc) is 2.65. The van der Waals surface area contributed by atoms with Gasteiger partial charge in [0.25, 0.3) is 5.91 Å². The highest BCUT2D eigenvalue weighted by Gasteiger charge is 2.07. The number of para-hydroxylation sites is 1. The first-order chi connectivity index (χ1) is 12.1. The van der Waals surface area contributed by atoms with Crippen molar-refractivity contribution in [3.63, 3.8) is 0 Å². The van der Waals surface area contributed by atoms with Crippen LogP contribution in [0.25, 0.3) is 0 Å². The maximum atomic E-state index is 11.9. The molecule has 132 valence electrons. The summed E-state index contributed by atoms with van der Waals surface area (Å²) in [5, 5.41) is 7.19. The topological polar surface area (TPSA) is 72.0 Å². The van der Waals surface area contributed by atoms with Crippen LogP contribution in [-0.2, 0) is 16.1 Å². The van der Waals surface area contributed by atoms with Crippen molar-refractivity contribution >= 4 is 17.3 Å². The third kappa shape index (κ3) is 5.61. The van der Waals surface area contributed by atoms with Gasteiger partial charge < -0.3 is 14.8 Å². The number of carbonyl (C=O) groups is 1. The molecular weight excluding hydrogens is 318 g/mol. The summed E-state index contributed by atoms with van der Waals surface area (Å²) in [6.45, 7) is 2.43. The van der Waals surface area contributed by atoms with E-state index in [1.807, 2.05) is 55.5 Å². The molecular formula is C19H23N3O3. The van der Waals surface area contributed by atoms with E-state index in [0.29, 0.717) is 12.3 Å². The Bertz CT molecular complexity index is 730. The minimum atomic E-state index is -0.214. The van der Waals surface area contributed by atoms with Crippen LogP contribution in [0.15, 0.2) is 53.6 Å². The van der Waals surface area contributed by atoms with Gasteiger partial charge in [0.15, 0.2) is 0 Å². The second-order valence-corrected chi connectivity index (χ2v) is 5.41. The van der Waals surface area contributed by atoms with Crippen LogP contribution in [0.2, 0.25) is 0 Å². The number of anilines is 1. The highest BCUT2D eigenvalue weighted by atomic mass is 16.5. The molecule has 0 aliphatic rings. The normalized spacial score (nSPS) is 11.1. The number of hydrogen-bond donors (Lipinski definition) is 2. The monoisotopic (exact) mass is 341 g/mol. The lowest BCUT2D eigenvalue weighted by atomic mass is 10.1. The van der Waals surface area contributed by atoms with E-state index in [9.17, 15) is 4.79 Å². The van der Waals surface area contributed by atoms with Gasteiger partial charge in [-0.2, -0.15) is 5.10 Å². The lowest BCUT2D eigenvalue weighted by molar-refractivity contribution is -0.119. The van der Waals surface area contributed by atoms with Gasteiger partial charge in [-0.15, -0.1) is 0 Å². The number of rotatable bonds is 8. The maximum Gasteiger partial charge on any atom is 0.259 e. The molecule has 2 N–H and O–H groups in total. The Morgan fingerprint density at radius 2 is 1.88 bits per heavy atom. The number of hydrazone groups is 1. The van der Waals surface area contributed by atoms with Crippen LogP contribution >= 0.6 is 0 Å². The predicted molar refractivity (Wildman–Crippen MR) is 99.0 cm³/mol. The molecule has 6 heteroatoms. The van der Waals surface area contributed by atoms with Gasteiger partial charge in [0.2, 0.25) is 0 Å². The molecule has 25 heavy (non-hydrogen) atoms. The van der Waals surface area contributed by atoms with Gasteiger partial charge in [0.1, 0.15) is 5.75 Å². The first-order valence-corrected chi connectivity index (χ1v) is 7.92. The van der Waals surface area contributed by atoms with Crippen LogP contribution < -0.4 is 15.5 Å². The molecule has 0 radical (unpaired) electrons. The summed E-state index contributed by atoms with van der Waals surface area (Å²) in [7, 11) is 3.25. The minimum absolute atomic E-state index is 0.151. The molecule has 0 aromatic heterocycles. The number of ether oxygens (including phenoxy) is 2. The number of nitrogens with one attached hydrogen (secondary N) is 2. The average molecular weight is 341 g/mol. The van der Waals surface area contributed by atoms with Crippen LogP contribution in [0.5, 0.6) is 5.75 Å².